The molecule has 6 heterocycles. The first kappa shape index (κ1) is 22.8. The fraction of sp³-hybridized carbons (Fsp3) is 0.304. The van der Waals surface area contributed by atoms with Crippen LogP contribution in [0.4, 0.5) is 11.8 Å². The Bertz CT molecular complexity index is 1550. The van der Waals surface area contributed by atoms with Crippen molar-refractivity contribution in [1.82, 2.24) is 34.4 Å². The molecule has 184 valence electrons. The summed E-state index contributed by atoms with van der Waals surface area (Å²) in [4.78, 5) is 41.5. The van der Waals surface area contributed by atoms with E-state index in [1.165, 1.54) is 20.8 Å². The molecule has 4 aromatic heterocycles. The van der Waals surface area contributed by atoms with Crippen LogP contribution in [0.25, 0.3) is 11.3 Å². The maximum absolute atomic E-state index is 13.6. The molecule has 11 nitrogen and oxygen atoms in total. The highest BCUT2D eigenvalue weighted by molar-refractivity contribution is 8.00. The molecule has 0 saturated carbocycles. The number of thioether (sulfide) groups is 1. The van der Waals surface area contributed by atoms with Gasteiger partial charge in [0.25, 0.3) is 11.5 Å². The number of halogens is 1. The number of aromatic nitrogens is 6. The van der Waals surface area contributed by atoms with E-state index in [1.807, 2.05) is 11.0 Å². The topological polar surface area (TPSA) is 136 Å². The molecule has 13 heteroatoms. The van der Waals surface area contributed by atoms with Crippen molar-refractivity contribution in [1.29, 1.82) is 0 Å². The van der Waals surface area contributed by atoms with Crippen molar-refractivity contribution in [2.24, 2.45) is 5.92 Å². The second-order valence-corrected chi connectivity index (χ2v) is 10.1. The highest BCUT2D eigenvalue weighted by Crippen LogP contribution is 2.43. The van der Waals surface area contributed by atoms with Crippen LogP contribution in [0.15, 0.2) is 46.6 Å². The number of carbonyl (C=O) groups is 1. The van der Waals surface area contributed by atoms with Crippen LogP contribution in [0.2, 0.25) is 5.02 Å². The lowest BCUT2D eigenvalue weighted by atomic mass is 9.95. The molecule has 2 atom stereocenters. The Morgan fingerprint density at radius 2 is 2.11 bits per heavy atom. The molecule has 3 N–H and O–H groups in total. The molecular formula is C23H22ClN9O2S. The molecule has 0 bridgehead atoms. The van der Waals surface area contributed by atoms with Crippen molar-refractivity contribution in [3.8, 4) is 5.82 Å². The summed E-state index contributed by atoms with van der Waals surface area (Å²) < 4.78 is 2.97. The van der Waals surface area contributed by atoms with E-state index >= 15 is 0 Å². The van der Waals surface area contributed by atoms with Gasteiger partial charge >= 0.3 is 0 Å². The minimum absolute atomic E-state index is 0.133. The highest BCUT2D eigenvalue weighted by atomic mass is 35.5. The number of rotatable bonds is 5. The van der Waals surface area contributed by atoms with E-state index in [4.69, 9.17) is 22.4 Å². The van der Waals surface area contributed by atoms with Crippen LogP contribution in [0.1, 0.15) is 29.4 Å². The Labute approximate surface area is 214 Å². The minimum Gasteiger partial charge on any atom is -0.368 e. The molecule has 2 aliphatic rings. The summed E-state index contributed by atoms with van der Waals surface area (Å²) in [6.07, 6.45) is 4.77. The fourth-order valence-corrected chi connectivity index (χ4v) is 6.30. The summed E-state index contributed by atoms with van der Waals surface area (Å²) >= 11 is 7.73. The lowest BCUT2D eigenvalue weighted by Gasteiger charge is -2.48. The Hall–Kier alpha value is -3.64. The number of carbonyl (C=O) groups excluding carboxylic acids is 1. The van der Waals surface area contributed by atoms with Crippen LogP contribution in [0.3, 0.4) is 0 Å². The third-order valence-electron chi connectivity index (χ3n) is 6.51. The molecule has 1 saturated heterocycles. The number of nitrogens with two attached hydrogens (primary N) is 1. The van der Waals surface area contributed by atoms with Crippen LogP contribution in [0.5, 0.6) is 0 Å². The summed E-state index contributed by atoms with van der Waals surface area (Å²) in [7, 11) is 0. The molecule has 1 fully saturated rings. The zero-order chi connectivity index (χ0) is 25.0. The lowest BCUT2D eigenvalue weighted by molar-refractivity contribution is 0.0944. The number of fused-ring (bicyclic) bond motifs is 2. The van der Waals surface area contributed by atoms with E-state index < -0.39 is 0 Å². The predicted octanol–water partition coefficient (Wildman–Crippen LogP) is 2.16. The summed E-state index contributed by atoms with van der Waals surface area (Å²) in [5.74, 6) is 1.15. The molecule has 2 aliphatic heterocycles. The van der Waals surface area contributed by atoms with Crippen LogP contribution in [0, 0.1) is 5.92 Å². The Morgan fingerprint density at radius 3 is 2.89 bits per heavy atom. The molecule has 0 aliphatic carbocycles. The Kier molecular flexibility index (Phi) is 5.56. The van der Waals surface area contributed by atoms with E-state index in [0.29, 0.717) is 52.6 Å². The monoisotopic (exact) mass is 523 g/mol. The predicted molar refractivity (Wildman–Crippen MR) is 137 cm³/mol. The van der Waals surface area contributed by atoms with Gasteiger partial charge in [-0.3, -0.25) is 9.59 Å². The summed E-state index contributed by atoms with van der Waals surface area (Å²) in [5.41, 5.74) is 7.09. The van der Waals surface area contributed by atoms with Gasteiger partial charge in [0, 0.05) is 37.8 Å². The largest absolute Gasteiger partial charge is 0.368 e. The number of anilines is 2. The van der Waals surface area contributed by atoms with Crippen LogP contribution >= 0.6 is 23.4 Å². The molecule has 1 unspecified atom stereocenters. The van der Waals surface area contributed by atoms with Crippen LogP contribution in [-0.4, -0.2) is 53.5 Å². The van der Waals surface area contributed by atoms with Gasteiger partial charge in [0.05, 0.1) is 16.1 Å². The number of nitrogens with one attached hydrogen (secondary N) is 1. The first-order chi connectivity index (χ1) is 17.5. The first-order valence-corrected chi connectivity index (χ1v) is 12.8. The van der Waals surface area contributed by atoms with Gasteiger partial charge in [0.2, 0.25) is 5.95 Å². The highest BCUT2D eigenvalue weighted by Gasteiger charge is 2.43. The van der Waals surface area contributed by atoms with E-state index in [0.717, 1.165) is 6.42 Å². The van der Waals surface area contributed by atoms with Crippen LogP contribution in [-0.2, 0) is 6.42 Å². The smallest absolute Gasteiger partial charge is 0.285 e. The first-order valence-electron chi connectivity index (χ1n) is 11.6. The van der Waals surface area contributed by atoms with Crippen molar-refractivity contribution in [2.75, 3.05) is 23.7 Å². The van der Waals surface area contributed by atoms with Crippen molar-refractivity contribution >= 4 is 46.6 Å². The number of hydrogen-bond acceptors (Lipinski definition) is 9. The van der Waals surface area contributed by atoms with Gasteiger partial charge in [-0.1, -0.05) is 36.4 Å². The van der Waals surface area contributed by atoms with E-state index in [9.17, 15) is 9.59 Å². The molecule has 4 aromatic rings. The zero-order valence-electron chi connectivity index (χ0n) is 19.3. The fourth-order valence-electron chi connectivity index (χ4n) is 4.66. The van der Waals surface area contributed by atoms with Gasteiger partial charge in [0.15, 0.2) is 5.16 Å². The van der Waals surface area contributed by atoms with Gasteiger partial charge < -0.3 is 16.0 Å². The summed E-state index contributed by atoms with van der Waals surface area (Å²) in [5, 5.41) is 8.23. The standard InChI is InChI=1S/C23H22ClN9O2S/c1-2-12-11-31(18-16-14(28-22(25)29-18)6-9-27-19(16)34)21(12)36-23-30-32-10-7-13(24)17(32)20(35)33(23)15-5-3-4-8-26-15/h3-5,7-8,10,12,21H,2,6,9,11H2,1H3,(H,27,34)(H2,25,28,29)/t12-,21?/m1/s1. The number of pyridine rings is 1. The average molecular weight is 524 g/mol. The molecule has 1 amide bonds. The normalized spacial score (nSPS) is 19.2. The quantitative estimate of drug-likeness (QED) is 0.403. The van der Waals surface area contributed by atoms with Crippen molar-refractivity contribution in [3.63, 3.8) is 0 Å². The van der Waals surface area contributed by atoms with E-state index in [2.05, 4.69) is 27.2 Å². The second kappa shape index (κ2) is 8.79. The maximum Gasteiger partial charge on any atom is 0.285 e. The number of hydrogen-bond donors (Lipinski definition) is 2. The Morgan fingerprint density at radius 1 is 1.25 bits per heavy atom. The summed E-state index contributed by atoms with van der Waals surface area (Å²) in [6, 6.07) is 6.99. The summed E-state index contributed by atoms with van der Waals surface area (Å²) in [6.45, 7) is 3.31. The van der Waals surface area contributed by atoms with Crippen molar-refractivity contribution in [2.45, 2.75) is 30.3 Å². The molecule has 6 rings (SSSR count). The van der Waals surface area contributed by atoms with Crippen molar-refractivity contribution in [3.05, 3.63) is 63.3 Å². The van der Waals surface area contributed by atoms with Crippen LogP contribution < -0.4 is 21.5 Å². The van der Waals surface area contributed by atoms with Gasteiger partial charge in [0.1, 0.15) is 22.7 Å². The number of amides is 1. The maximum atomic E-state index is 13.6. The number of nitrogens with zero attached hydrogens (tertiary/aromatic N) is 7. The third-order valence-corrected chi connectivity index (χ3v) is 8.17. The SMILES string of the molecule is CC[C@@H]1CN(c2nc(N)nc3c2C(=O)NCC3)C1Sc1nn2ccc(Cl)c2c(=O)n1-c1ccccn1. The van der Waals surface area contributed by atoms with Gasteiger partial charge in [-0.15, -0.1) is 5.10 Å². The molecule has 0 radical (unpaired) electrons. The van der Waals surface area contributed by atoms with Crippen molar-refractivity contribution < 1.29 is 4.79 Å². The number of nitrogen functional groups attached to an aromatic ring is 1. The van der Waals surface area contributed by atoms with E-state index in [-0.39, 0.29) is 34.2 Å². The third kappa shape index (κ3) is 3.59. The molecule has 36 heavy (non-hydrogen) atoms. The minimum atomic E-state index is -0.317. The van der Waals surface area contributed by atoms with Gasteiger partial charge in [-0.25, -0.2) is 19.1 Å². The molecule has 0 spiro atoms. The molecular weight excluding hydrogens is 502 g/mol. The zero-order valence-corrected chi connectivity index (χ0v) is 20.8. The lowest BCUT2D eigenvalue weighted by Crippen LogP contribution is -2.56. The van der Waals surface area contributed by atoms with Gasteiger partial charge in [-0.2, -0.15) is 4.98 Å². The van der Waals surface area contributed by atoms with E-state index in [1.54, 1.807) is 30.6 Å². The Balaban J connectivity index is 1.47. The van der Waals surface area contributed by atoms with Gasteiger partial charge in [-0.05, 0) is 24.6 Å². The average Bonchev–Trinajstić information content (AvgIpc) is 3.23. The molecule has 0 aromatic carbocycles. The second-order valence-electron chi connectivity index (χ2n) is 8.63.